The summed E-state index contributed by atoms with van der Waals surface area (Å²) in [6, 6.07) is 11.2. The van der Waals surface area contributed by atoms with Crippen LogP contribution in [0.4, 0.5) is 15.2 Å². The molecule has 3 rings (SSSR count). The summed E-state index contributed by atoms with van der Waals surface area (Å²) in [6.07, 6.45) is 0. The number of ether oxygens (including phenoxy) is 2. The van der Waals surface area contributed by atoms with E-state index in [1.807, 2.05) is 0 Å². The minimum atomic E-state index is -0.336. The lowest BCUT2D eigenvalue weighted by Crippen LogP contribution is -2.05. The zero-order valence-electron chi connectivity index (χ0n) is 14.6. The number of thioether (sulfide) groups is 1. The van der Waals surface area contributed by atoms with Crippen molar-refractivity contribution >= 4 is 39.7 Å². The van der Waals surface area contributed by atoms with Crippen molar-refractivity contribution in [2.75, 3.05) is 25.3 Å². The molecular weight excluding hydrogens is 389 g/mol. The topological polar surface area (TPSA) is 73.3 Å². The minimum absolute atomic E-state index is 0.106. The fraction of sp³-hybridized carbons (Fsp3) is 0.167. The summed E-state index contributed by atoms with van der Waals surface area (Å²) in [4.78, 5) is 12.5. The Morgan fingerprint density at radius 1 is 1.19 bits per heavy atom. The maximum Gasteiger partial charge on any atom is 0.210 e. The summed E-state index contributed by atoms with van der Waals surface area (Å²) in [5, 5.41) is 11.6. The Morgan fingerprint density at radius 2 is 2.04 bits per heavy atom. The number of halogens is 1. The van der Waals surface area contributed by atoms with Crippen molar-refractivity contribution in [2.24, 2.45) is 0 Å². The van der Waals surface area contributed by atoms with Crippen LogP contribution in [0.5, 0.6) is 11.5 Å². The van der Waals surface area contributed by atoms with E-state index < -0.39 is 0 Å². The highest BCUT2D eigenvalue weighted by atomic mass is 32.2. The standard InChI is InChI=1S/C18H16FN3O3S2/c1-24-13-6-7-16(25-2)14(9-13)15(23)10-26-18-22-21-17(27-18)20-12-5-3-4-11(19)8-12/h3-9H,10H2,1-2H3,(H,20,21). The van der Waals surface area contributed by atoms with Gasteiger partial charge in [-0.05, 0) is 36.4 Å². The molecule has 0 aliphatic rings. The predicted octanol–water partition coefficient (Wildman–Crippen LogP) is 4.41. The third-order valence-electron chi connectivity index (χ3n) is 3.52. The van der Waals surface area contributed by atoms with Crippen LogP contribution >= 0.6 is 23.1 Å². The van der Waals surface area contributed by atoms with E-state index in [1.54, 1.807) is 37.4 Å². The molecule has 0 saturated heterocycles. The van der Waals surface area contributed by atoms with Gasteiger partial charge in [0.25, 0.3) is 0 Å². The Labute approximate surface area is 163 Å². The van der Waals surface area contributed by atoms with E-state index in [9.17, 15) is 9.18 Å². The summed E-state index contributed by atoms with van der Waals surface area (Å²) < 4.78 is 24.3. The number of methoxy groups -OCH3 is 2. The summed E-state index contributed by atoms with van der Waals surface area (Å²) in [7, 11) is 3.06. The van der Waals surface area contributed by atoms with Crippen LogP contribution in [-0.4, -0.2) is 36.0 Å². The first-order valence-electron chi connectivity index (χ1n) is 7.83. The Bertz CT molecular complexity index is 949. The molecule has 0 radical (unpaired) electrons. The fourth-order valence-electron chi connectivity index (χ4n) is 2.25. The lowest BCUT2D eigenvalue weighted by molar-refractivity contribution is 0.101. The first kappa shape index (κ1) is 19.1. The van der Waals surface area contributed by atoms with Crippen LogP contribution in [0.15, 0.2) is 46.8 Å². The normalized spacial score (nSPS) is 10.5. The maximum atomic E-state index is 13.2. The molecule has 1 N–H and O–H groups in total. The fourth-order valence-corrected chi connectivity index (χ4v) is 3.90. The summed E-state index contributed by atoms with van der Waals surface area (Å²) in [5.74, 6) is 0.814. The molecule has 1 heterocycles. The predicted molar refractivity (Wildman–Crippen MR) is 104 cm³/mol. The van der Waals surface area contributed by atoms with Crippen molar-refractivity contribution in [1.29, 1.82) is 0 Å². The zero-order valence-corrected chi connectivity index (χ0v) is 16.2. The van der Waals surface area contributed by atoms with Gasteiger partial charge in [0.2, 0.25) is 5.13 Å². The Morgan fingerprint density at radius 3 is 2.78 bits per heavy atom. The molecule has 0 atom stereocenters. The average Bonchev–Trinajstić information content (AvgIpc) is 3.12. The van der Waals surface area contributed by atoms with E-state index in [-0.39, 0.29) is 17.4 Å². The molecule has 0 amide bonds. The lowest BCUT2D eigenvalue weighted by atomic mass is 10.1. The number of hydrogen-bond donors (Lipinski definition) is 1. The van der Waals surface area contributed by atoms with Crippen LogP contribution in [0.25, 0.3) is 0 Å². The van der Waals surface area contributed by atoms with Gasteiger partial charge in [-0.1, -0.05) is 29.2 Å². The maximum absolute atomic E-state index is 13.2. The smallest absolute Gasteiger partial charge is 0.210 e. The van der Waals surface area contributed by atoms with Gasteiger partial charge in [-0.3, -0.25) is 4.79 Å². The van der Waals surface area contributed by atoms with Gasteiger partial charge in [-0.2, -0.15) is 0 Å². The highest BCUT2D eigenvalue weighted by Crippen LogP contribution is 2.30. The number of carbonyl (C=O) groups is 1. The molecule has 0 aliphatic carbocycles. The van der Waals surface area contributed by atoms with Crippen molar-refractivity contribution in [2.45, 2.75) is 4.34 Å². The van der Waals surface area contributed by atoms with E-state index in [1.165, 1.54) is 42.3 Å². The third kappa shape index (κ3) is 4.95. The van der Waals surface area contributed by atoms with Crippen LogP contribution in [0.2, 0.25) is 0 Å². The second kappa shape index (κ2) is 8.83. The van der Waals surface area contributed by atoms with Crippen molar-refractivity contribution < 1.29 is 18.7 Å². The van der Waals surface area contributed by atoms with Crippen molar-refractivity contribution in [1.82, 2.24) is 10.2 Å². The van der Waals surface area contributed by atoms with Crippen LogP contribution in [0.1, 0.15) is 10.4 Å². The molecule has 1 aromatic heterocycles. The van der Waals surface area contributed by atoms with Gasteiger partial charge in [0.1, 0.15) is 17.3 Å². The van der Waals surface area contributed by atoms with Gasteiger partial charge in [0.15, 0.2) is 10.1 Å². The number of aromatic nitrogens is 2. The first-order chi connectivity index (χ1) is 13.1. The highest BCUT2D eigenvalue weighted by molar-refractivity contribution is 8.01. The van der Waals surface area contributed by atoms with Gasteiger partial charge in [0, 0.05) is 5.69 Å². The van der Waals surface area contributed by atoms with Crippen molar-refractivity contribution in [3.63, 3.8) is 0 Å². The molecule has 27 heavy (non-hydrogen) atoms. The van der Waals surface area contributed by atoms with E-state index in [2.05, 4.69) is 15.5 Å². The third-order valence-corrected chi connectivity index (χ3v) is 5.49. The Balaban J connectivity index is 1.64. The Kier molecular flexibility index (Phi) is 6.25. The van der Waals surface area contributed by atoms with E-state index in [4.69, 9.17) is 9.47 Å². The number of nitrogens with zero attached hydrogens (tertiary/aromatic N) is 2. The second-order valence-corrected chi connectivity index (χ2v) is 7.49. The largest absolute Gasteiger partial charge is 0.497 e. The molecule has 0 aliphatic heterocycles. The number of ketones is 1. The number of anilines is 2. The van der Waals surface area contributed by atoms with Crippen LogP contribution in [0, 0.1) is 5.82 Å². The van der Waals surface area contributed by atoms with Gasteiger partial charge in [0.05, 0.1) is 25.5 Å². The molecule has 0 bridgehead atoms. The molecule has 2 aromatic carbocycles. The molecule has 0 spiro atoms. The van der Waals surface area contributed by atoms with Crippen LogP contribution in [0.3, 0.4) is 0 Å². The molecule has 0 saturated carbocycles. The zero-order chi connectivity index (χ0) is 19.2. The van der Waals surface area contributed by atoms with E-state index >= 15 is 0 Å². The lowest BCUT2D eigenvalue weighted by Gasteiger charge is -2.09. The van der Waals surface area contributed by atoms with Crippen molar-refractivity contribution in [3.05, 3.63) is 53.8 Å². The number of rotatable bonds is 8. The van der Waals surface area contributed by atoms with E-state index in [0.717, 1.165) is 0 Å². The highest BCUT2D eigenvalue weighted by Gasteiger charge is 2.15. The molecule has 6 nitrogen and oxygen atoms in total. The minimum Gasteiger partial charge on any atom is -0.497 e. The number of hydrogen-bond acceptors (Lipinski definition) is 8. The first-order valence-corrected chi connectivity index (χ1v) is 9.63. The van der Waals surface area contributed by atoms with E-state index in [0.29, 0.717) is 32.2 Å². The molecule has 0 unspecified atom stereocenters. The summed E-state index contributed by atoms with van der Waals surface area (Å²) in [6.45, 7) is 0. The number of nitrogens with one attached hydrogen (secondary N) is 1. The molecule has 9 heteroatoms. The van der Waals surface area contributed by atoms with Gasteiger partial charge < -0.3 is 14.8 Å². The molecular formula is C18H16FN3O3S2. The SMILES string of the molecule is COc1ccc(OC)c(C(=O)CSc2nnc(Nc3cccc(F)c3)s2)c1. The van der Waals surface area contributed by atoms with Crippen LogP contribution < -0.4 is 14.8 Å². The quantitative estimate of drug-likeness (QED) is 0.439. The molecule has 3 aromatic rings. The molecule has 140 valence electrons. The second-order valence-electron chi connectivity index (χ2n) is 5.29. The van der Waals surface area contributed by atoms with Crippen molar-refractivity contribution in [3.8, 4) is 11.5 Å². The number of benzene rings is 2. The summed E-state index contributed by atoms with van der Waals surface area (Å²) >= 11 is 2.56. The molecule has 0 fully saturated rings. The number of Topliss-reactive ketones (excluding diaryl/α,β-unsaturated/α-hetero) is 1. The van der Waals surface area contributed by atoms with Gasteiger partial charge >= 0.3 is 0 Å². The average molecular weight is 405 g/mol. The summed E-state index contributed by atoms with van der Waals surface area (Å²) in [5.41, 5.74) is 1.03. The monoisotopic (exact) mass is 405 g/mol. The van der Waals surface area contributed by atoms with Gasteiger partial charge in [-0.15, -0.1) is 10.2 Å². The van der Waals surface area contributed by atoms with Gasteiger partial charge in [-0.25, -0.2) is 4.39 Å². The van der Waals surface area contributed by atoms with Crippen LogP contribution in [-0.2, 0) is 0 Å². The Hall–Kier alpha value is -2.65. The number of carbonyl (C=O) groups excluding carboxylic acids is 1.